The van der Waals surface area contributed by atoms with E-state index < -0.39 is 21.7 Å². The second kappa shape index (κ2) is 7.33. The summed E-state index contributed by atoms with van der Waals surface area (Å²) >= 11 is 0. The van der Waals surface area contributed by atoms with Gasteiger partial charge in [0.05, 0.1) is 0 Å². The van der Waals surface area contributed by atoms with E-state index in [0.717, 1.165) is 6.42 Å². The van der Waals surface area contributed by atoms with Crippen LogP contribution >= 0.6 is 0 Å². The zero-order valence-electron chi connectivity index (χ0n) is 15.4. The number of nitrogens with zero attached hydrogens (tertiary/aromatic N) is 2. The lowest BCUT2D eigenvalue weighted by Gasteiger charge is -2.42. The number of hydrogen-bond acceptors (Lipinski definition) is 5. The van der Waals surface area contributed by atoms with Crippen molar-refractivity contribution in [1.82, 2.24) is 19.6 Å². The molecule has 1 fully saturated rings. The molecule has 0 aromatic carbocycles. The number of imidazole rings is 1. The number of alkyl carbamates (subject to hydrolysis) is 1. The standard InChI is InChI=1S/C16H28N4O4S/c1-11-6-7-13(10-19-15(21)24-16(3,4)5)20(12(11)2)25(22,23)14-17-8-9-18-14/h8-9,11-13H,6-7,10H2,1-5H3,(H,17,18)(H,19,21)/t11-,12-,13+/m1/s1. The van der Waals surface area contributed by atoms with Crippen molar-refractivity contribution >= 4 is 16.1 Å². The minimum absolute atomic E-state index is 0.0734. The van der Waals surface area contributed by atoms with Crippen molar-refractivity contribution in [1.29, 1.82) is 0 Å². The maximum absolute atomic E-state index is 13.0. The molecule has 0 radical (unpaired) electrons. The predicted octanol–water partition coefficient (Wildman–Crippen LogP) is 2.11. The van der Waals surface area contributed by atoms with Gasteiger partial charge in [-0.25, -0.2) is 18.2 Å². The SMILES string of the molecule is C[C@@H]1CC[C@@H](CNC(=O)OC(C)(C)C)N(S(=O)(=O)c2ncc[nH]2)[C@@H]1C. The highest BCUT2D eigenvalue weighted by Gasteiger charge is 2.42. The van der Waals surface area contributed by atoms with E-state index in [9.17, 15) is 13.2 Å². The van der Waals surface area contributed by atoms with Crippen LogP contribution in [0, 0.1) is 5.92 Å². The van der Waals surface area contributed by atoms with Crippen molar-refractivity contribution < 1.29 is 17.9 Å². The highest BCUT2D eigenvalue weighted by atomic mass is 32.2. The van der Waals surface area contributed by atoms with E-state index in [4.69, 9.17) is 4.74 Å². The lowest BCUT2D eigenvalue weighted by atomic mass is 9.90. The van der Waals surface area contributed by atoms with Crippen molar-refractivity contribution in [3.63, 3.8) is 0 Å². The van der Waals surface area contributed by atoms with Crippen LogP contribution in [-0.2, 0) is 14.8 Å². The first-order chi connectivity index (χ1) is 11.5. The molecule has 1 aromatic heterocycles. The third-order valence-electron chi connectivity index (χ3n) is 4.42. The summed E-state index contributed by atoms with van der Waals surface area (Å²) < 4.78 is 32.7. The van der Waals surface area contributed by atoms with Crippen molar-refractivity contribution in [2.45, 2.75) is 70.3 Å². The first-order valence-corrected chi connectivity index (χ1v) is 9.96. The Labute approximate surface area is 149 Å². The molecule has 25 heavy (non-hydrogen) atoms. The molecule has 0 aliphatic carbocycles. The Morgan fingerprint density at radius 3 is 2.64 bits per heavy atom. The van der Waals surface area contributed by atoms with E-state index in [1.807, 2.05) is 13.8 Å². The molecule has 2 N–H and O–H groups in total. The Bertz CT molecular complexity index is 681. The number of nitrogens with one attached hydrogen (secondary N) is 2. The molecule has 1 saturated heterocycles. The number of aromatic amines is 1. The van der Waals surface area contributed by atoms with Gasteiger partial charge in [-0.15, -0.1) is 0 Å². The fraction of sp³-hybridized carbons (Fsp3) is 0.750. The van der Waals surface area contributed by atoms with Crippen LogP contribution in [0.15, 0.2) is 17.6 Å². The molecule has 142 valence electrons. The number of ether oxygens (including phenoxy) is 1. The molecule has 0 saturated carbocycles. The number of H-pyrrole nitrogens is 1. The normalized spacial score (nSPS) is 25.6. The summed E-state index contributed by atoms with van der Waals surface area (Å²) in [7, 11) is -3.76. The molecule has 2 heterocycles. The van der Waals surface area contributed by atoms with Gasteiger partial charge in [-0.3, -0.25) is 0 Å². The molecular formula is C16H28N4O4S. The van der Waals surface area contributed by atoms with Crippen molar-refractivity contribution in [3.05, 3.63) is 12.4 Å². The van der Waals surface area contributed by atoms with Crippen LogP contribution in [0.1, 0.15) is 47.5 Å². The Morgan fingerprint density at radius 1 is 1.40 bits per heavy atom. The highest BCUT2D eigenvalue weighted by molar-refractivity contribution is 7.89. The Balaban J connectivity index is 2.16. The molecule has 0 bridgehead atoms. The van der Waals surface area contributed by atoms with Crippen LogP contribution in [0.3, 0.4) is 0 Å². The molecule has 0 unspecified atom stereocenters. The monoisotopic (exact) mass is 372 g/mol. The topological polar surface area (TPSA) is 104 Å². The Hall–Kier alpha value is -1.61. The summed E-state index contributed by atoms with van der Waals surface area (Å²) in [6, 6.07) is -0.525. The average Bonchev–Trinajstić information content (AvgIpc) is 3.01. The summed E-state index contributed by atoms with van der Waals surface area (Å²) in [5.41, 5.74) is -0.599. The van der Waals surface area contributed by atoms with Gasteiger partial charge in [0.15, 0.2) is 0 Å². The number of amides is 1. The van der Waals surface area contributed by atoms with Gasteiger partial charge in [0, 0.05) is 31.0 Å². The number of piperidine rings is 1. The first kappa shape index (κ1) is 19.7. The third kappa shape index (κ3) is 4.72. The van der Waals surface area contributed by atoms with E-state index in [2.05, 4.69) is 15.3 Å². The Morgan fingerprint density at radius 2 is 2.08 bits per heavy atom. The second-order valence-electron chi connectivity index (χ2n) is 7.56. The fourth-order valence-corrected chi connectivity index (χ4v) is 4.85. The highest BCUT2D eigenvalue weighted by Crippen LogP contribution is 2.32. The van der Waals surface area contributed by atoms with Gasteiger partial charge in [0.25, 0.3) is 10.0 Å². The molecule has 0 spiro atoms. The molecule has 1 amide bonds. The molecule has 8 nitrogen and oxygen atoms in total. The zero-order chi connectivity index (χ0) is 18.8. The zero-order valence-corrected chi connectivity index (χ0v) is 16.3. The van der Waals surface area contributed by atoms with Gasteiger partial charge in [-0.05, 0) is 46.5 Å². The van der Waals surface area contributed by atoms with E-state index >= 15 is 0 Å². The van der Waals surface area contributed by atoms with Crippen LogP contribution in [-0.4, -0.2) is 53.0 Å². The summed E-state index contributed by atoms with van der Waals surface area (Å²) in [6.07, 6.45) is 3.92. The van der Waals surface area contributed by atoms with Crippen molar-refractivity contribution in [3.8, 4) is 0 Å². The summed E-state index contributed by atoms with van der Waals surface area (Å²) in [4.78, 5) is 18.5. The van der Waals surface area contributed by atoms with Crippen molar-refractivity contribution in [2.75, 3.05) is 6.54 Å². The van der Waals surface area contributed by atoms with E-state index in [1.54, 1.807) is 20.8 Å². The largest absolute Gasteiger partial charge is 0.444 e. The van der Waals surface area contributed by atoms with Crippen LogP contribution in [0.4, 0.5) is 4.79 Å². The molecule has 2 rings (SSSR count). The first-order valence-electron chi connectivity index (χ1n) is 8.52. The quantitative estimate of drug-likeness (QED) is 0.842. The lowest BCUT2D eigenvalue weighted by Crippen LogP contribution is -2.55. The summed E-state index contributed by atoms with van der Waals surface area (Å²) in [6.45, 7) is 9.48. The number of carbonyl (C=O) groups excluding carboxylic acids is 1. The van der Waals surface area contributed by atoms with Gasteiger partial charge >= 0.3 is 6.09 Å². The lowest BCUT2D eigenvalue weighted by molar-refractivity contribution is 0.0497. The van der Waals surface area contributed by atoms with Gasteiger partial charge in [0.1, 0.15) is 5.60 Å². The minimum atomic E-state index is -3.76. The second-order valence-corrected chi connectivity index (χ2v) is 9.32. The third-order valence-corrected chi connectivity index (χ3v) is 6.31. The predicted molar refractivity (Wildman–Crippen MR) is 93.5 cm³/mol. The van der Waals surface area contributed by atoms with E-state index in [1.165, 1.54) is 16.7 Å². The van der Waals surface area contributed by atoms with Crippen molar-refractivity contribution in [2.24, 2.45) is 5.92 Å². The van der Waals surface area contributed by atoms with Gasteiger partial charge < -0.3 is 15.0 Å². The number of aromatic nitrogens is 2. The average molecular weight is 372 g/mol. The van der Waals surface area contributed by atoms with Gasteiger partial charge in [-0.2, -0.15) is 4.31 Å². The summed E-state index contributed by atoms with van der Waals surface area (Å²) in [5, 5.41) is 2.62. The molecule has 1 aliphatic heterocycles. The maximum atomic E-state index is 13.0. The summed E-state index contributed by atoms with van der Waals surface area (Å²) in [5.74, 6) is 0.225. The molecular weight excluding hydrogens is 344 g/mol. The van der Waals surface area contributed by atoms with Crippen LogP contribution in [0.2, 0.25) is 0 Å². The van der Waals surface area contributed by atoms with E-state index in [-0.39, 0.29) is 29.7 Å². The maximum Gasteiger partial charge on any atom is 0.407 e. The number of rotatable bonds is 4. The van der Waals surface area contributed by atoms with E-state index in [0.29, 0.717) is 6.42 Å². The van der Waals surface area contributed by atoms with Gasteiger partial charge in [-0.1, -0.05) is 6.92 Å². The van der Waals surface area contributed by atoms with Gasteiger partial charge in [0.2, 0.25) is 5.16 Å². The van der Waals surface area contributed by atoms with Crippen LogP contribution in [0.25, 0.3) is 0 Å². The molecule has 3 atom stereocenters. The molecule has 1 aromatic rings. The smallest absolute Gasteiger partial charge is 0.407 e. The van der Waals surface area contributed by atoms with Crippen LogP contribution in [0.5, 0.6) is 0 Å². The number of hydrogen-bond donors (Lipinski definition) is 2. The Kier molecular flexibility index (Phi) is 5.78. The van der Waals surface area contributed by atoms with Crippen LogP contribution < -0.4 is 5.32 Å². The number of sulfonamides is 1. The molecule has 1 aliphatic rings. The molecule has 9 heteroatoms. The fourth-order valence-electron chi connectivity index (χ4n) is 3.02. The minimum Gasteiger partial charge on any atom is -0.444 e. The number of carbonyl (C=O) groups is 1.